The van der Waals surface area contributed by atoms with E-state index in [0.29, 0.717) is 29.0 Å². The smallest absolute Gasteiger partial charge is 0.471 e. The van der Waals surface area contributed by atoms with Gasteiger partial charge in [0.2, 0.25) is 0 Å². The van der Waals surface area contributed by atoms with Gasteiger partial charge in [-0.1, -0.05) is 60.7 Å². The summed E-state index contributed by atoms with van der Waals surface area (Å²) in [6, 6.07) is 18.9. The summed E-state index contributed by atoms with van der Waals surface area (Å²) >= 11 is 0. The van der Waals surface area contributed by atoms with Crippen LogP contribution in [-0.2, 0) is 22.7 Å². The van der Waals surface area contributed by atoms with Crippen molar-refractivity contribution in [3.05, 3.63) is 99.6 Å². The zero-order valence-corrected chi connectivity index (χ0v) is 21.6. The van der Waals surface area contributed by atoms with Crippen molar-refractivity contribution in [2.24, 2.45) is 0 Å². The van der Waals surface area contributed by atoms with Gasteiger partial charge in [-0.3, -0.25) is 14.9 Å². The van der Waals surface area contributed by atoms with E-state index >= 15 is 0 Å². The van der Waals surface area contributed by atoms with E-state index < -0.39 is 40.0 Å². The monoisotopic (exact) mass is 559 g/mol. The minimum Gasteiger partial charge on any atom is -0.482 e. The molecule has 1 N–H and O–H groups in total. The molecule has 40 heavy (non-hydrogen) atoms. The molecule has 212 valence electrons. The highest BCUT2D eigenvalue weighted by Crippen LogP contribution is 2.38. The van der Waals surface area contributed by atoms with Crippen LogP contribution in [0.25, 0.3) is 0 Å². The average molecular weight is 560 g/mol. The summed E-state index contributed by atoms with van der Waals surface area (Å²) in [5, 5.41) is 15.0. The van der Waals surface area contributed by atoms with Gasteiger partial charge in [0.25, 0.3) is 0 Å². The van der Waals surface area contributed by atoms with Crippen LogP contribution in [0, 0.1) is 10.1 Å². The standard InChI is InChI=1S/C28H28F3N3O6/c1-32-14-8-9-15-33(27(36)28(29,30)31)22-16-23(26(35)40-19-21-12-6-3-7-13-21)25(34(37)38)24(17-22)39-18-20-10-4-2-5-11-20/h2-7,10-13,16-17,32H,8-9,14-15,18-19H2,1H3. The SMILES string of the molecule is CNCCCCN(C(=O)C(F)(F)F)c1cc(OCc2ccccc2)c([N+](=O)[O-])c(C(=O)OCc2ccccc2)c1. The number of alkyl halides is 3. The number of amides is 1. The van der Waals surface area contributed by atoms with E-state index in [0.717, 1.165) is 12.1 Å². The number of carbonyl (C=O) groups is 2. The van der Waals surface area contributed by atoms with Crippen LogP contribution in [0.15, 0.2) is 72.8 Å². The number of hydrogen-bond donors (Lipinski definition) is 1. The lowest BCUT2D eigenvalue weighted by Gasteiger charge is -2.25. The Labute approximate surface area is 228 Å². The van der Waals surface area contributed by atoms with Crippen molar-refractivity contribution in [1.82, 2.24) is 5.32 Å². The van der Waals surface area contributed by atoms with Crippen LogP contribution in [0.1, 0.15) is 34.3 Å². The maximum Gasteiger partial charge on any atom is 0.471 e. The van der Waals surface area contributed by atoms with Gasteiger partial charge in [0.05, 0.1) is 4.92 Å². The minimum atomic E-state index is -5.23. The first-order valence-corrected chi connectivity index (χ1v) is 12.3. The van der Waals surface area contributed by atoms with Gasteiger partial charge in [0.1, 0.15) is 18.8 Å². The lowest BCUT2D eigenvalue weighted by atomic mass is 10.1. The van der Waals surface area contributed by atoms with E-state index in [2.05, 4.69) is 5.32 Å². The third-order valence-corrected chi connectivity index (χ3v) is 5.77. The lowest BCUT2D eigenvalue weighted by molar-refractivity contribution is -0.386. The Bertz CT molecular complexity index is 1300. The van der Waals surface area contributed by atoms with Gasteiger partial charge >= 0.3 is 23.7 Å². The summed E-state index contributed by atoms with van der Waals surface area (Å²) in [5.41, 5.74) is -0.601. The number of carbonyl (C=O) groups excluding carboxylic acids is 2. The van der Waals surface area contributed by atoms with Crippen LogP contribution in [0.2, 0.25) is 0 Å². The Morgan fingerprint density at radius 3 is 2.10 bits per heavy atom. The predicted molar refractivity (Wildman–Crippen MR) is 141 cm³/mol. The van der Waals surface area contributed by atoms with Crippen molar-refractivity contribution in [3.8, 4) is 5.75 Å². The molecule has 3 aromatic carbocycles. The van der Waals surface area contributed by atoms with Crippen LogP contribution in [0.4, 0.5) is 24.5 Å². The predicted octanol–water partition coefficient (Wildman–Crippen LogP) is 5.43. The average Bonchev–Trinajstić information content (AvgIpc) is 2.94. The molecule has 0 fully saturated rings. The number of unbranched alkanes of at least 4 members (excludes halogenated alkanes) is 1. The molecular weight excluding hydrogens is 531 g/mol. The first-order chi connectivity index (χ1) is 19.1. The number of nitro groups is 1. The van der Waals surface area contributed by atoms with E-state index in [9.17, 15) is 32.9 Å². The van der Waals surface area contributed by atoms with Gasteiger partial charge in [-0.2, -0.15) is 13.2 Å². The van der Waals surface area contributed by atoms with Gasteiger partial charge in [-0.05, 0) is 43.6 Å². The molecule has 0 unspecified atom stereocenters. The van der Waals surface area contributed by atoms with Gasteiger partial charge in [0.15, 0.2) is 5.75 Å². The number of esters is 1. The van der Waals surface area contributed by atoms with Crippen LogP contribution < -0.4 is 15.0 Å². The minimum absolute atomic E-state index is 0.182. The Morgan fingerprint density at radius 2 is 1.55 bits per heavy atom. The van der Waals surface area contributed by atoms with E-state index in [-0.39, 0.29) is 31.9 Å². The van der Waals surface area contributed by atoms with E-state index in [1.807, 2.05) is 0 Å². The van der Waals surface area contributed by atoms with Gasteiger partial charge in [-0.15, -0.1) is 0 Å². The van der Waals surface area contributed by atoms with E-state index in [4.69, 9.17) is 9.47 Å². The number of anilines is 1. The third kappa shape index (κ3) is 8.27. The molecule has 0 aliphatic rings. The molecule has 0 radical (unpaired) electrons. The fraction of sp³-hybridized carbons (Fsp3) is 0.286. The second kappa shape index (κ2) is 14.1. The van der Waals surface area contributed by atoms with E-state index in [1.54, 1.807) is 67.7 Å². The van der Waals surface area contributed by atoms with Crippen molar-refractivity contribution in [2.45, 2.75) is 32.2 Å². The number of benzene rings is 3. The summed E-state index contributed by atoms with van der Waals surface area (Å²) in [6.07, 6.45) is -4.59. The van der Waals surface area contributed by atoms with Crippen molar-refractivity contribution in [3.63, 3.8) is 0 Å². The number of rotatable bonds is 13. The number of nitrogens with one attached hydrogen (secondary N) is 1. The molecule has 0 bridgehead atoms. The van der Waals surface area contributed by atoms with Crippen molar-refractivity contribution >= 4 is 23.3 Å². The third-order valence-electron chi connectivity index (χ3n) is 5.77. The molecule has 0 aliphatic carbocycles. The highest BCUT2D eigenvalue weighted by Gasteiger charge is 2.43. The summed E-state index contributed by atoms with van der Waals surface area (Å²) in [7, 11) is 1.68. The van der Waals surface area contributed by atoms with Crippen molar-refractivity contribution in [1.29, 1.82) is 0 Å². The molecular formula is C28H28F3N3O6. The fourth-order valence-corrected chi connectivity index (χ4v) is 3.81. The molecule has 0 spiro atoms. The number of ether oxygens (including phenoxy) is 2. The quantitative estimate of drug-likeness (QED) is 0.129. The van der Waals surface area contributed by atoms with Crippen molar-refractivity contribution in [2.75, 3.05) is 25.0 Å². The molecule has 12 heteroatoms. The molecule has 0 atom stereocenters. The largest absolute Gasteiger partial charge is 0.482 e. The zero-order valence-electron chi connectivity index (χ0n) is 21.6. The molecule has 9 nitrogen and oxygen atoms in total. The fourth-order valence-electron chi connectivity index (χ4n) is 3.81. The second-order valence-corrected chi connectivity index (χ2v) is 8.70. The number of nitro benzene ring substituents is 1. The van der Waals surface area contributed by atoms with Gasteiger partial charge in [0, 0.05) is 18.3 Å². The van der Waals surface area contributed by atoms with Crippen LogP contribution in [0.5, 0.6) is 5.75 Å². The molecule has 0 saturated carbocycles. The Balaban J connectivity index is 2.07. The van der Waals surface area contributed by atoms with Gasteiger partial charge in [-0.25, -0.2) is 4.79 Å². The Morgan fingerprint density at radius 1 is 0.950 bits per heavy atom. The highest BCUT2D eigenvalue weighted by atomic mass is 19.4. The number of hydrogen-bond acceptors (Lipinski definition) is 7. The molecule has 0 aliphatic heterocycles. The summed E-state index contributed by atoms with van der Waals surface area (Å²) in [5.74, 6) is -3.81. The Hall–Kier alpha value is -4.45. The molecule has 0 aromatic heterocycles. The van der Waals surface area contributed by atoms with Crippen LogP contribution in [-0.4, -0.2) is 43.1 Å². The highest BCUT2D eigenvalue weighted by molar-refractivity contribution is 6.01. The Kier molecular flexibility index (Phi) is 10.6. The van der Waals surface area contributed by atoms with Crippen molar-refractivity contribution < 1.29 is 37.2 Å². The maximum absolute atomic E-state index is 13.6. The molecule has 0 saturated heterocycles. The first kappa shape index (κ1) is 30.1. The van der Waals surface area contributed by atoms with Crippen LogP contribution in [0.3, 0.4) is 0 Å². The lowest BCUT2D eigenvalue weighted by Crippen LogP contribution is -2.42. The normalized spacial score (nSPS) is 11.1. The van der Waals surface area contributed by atoms with E-state index in [1.165, 1.54) is 0 Å². The molecule has 3 rings (SSSR count). The maximum atomic E-state index is 13.6. The molecule has 0 heterocycles. The summed E-state index contributed by atoms with van der Waals surface area (Å²) < 4.78 is 51.6. The summed E-state index contributed by atoms with van der Waals surface area (Å²) in [4.78, 5) is 37.2. The first-order valence-electron chi connectivity index (χ1n) is 12.3. The summed E-state index contributed by atoms with van der Waals surface area (Å²) in [6.45, 7) is -0.277. The van der Waals surface area contributed by atoms with Gasteiger partial charge < -0.3 is 19.7 Å². The number of nitrogens with zero attached hydrogens (tertiary/aromatic N) is 2. The number of halogens is 3. The molecule has 3 aromatic rings. The molecule has 1 amide bonds. The van der Waals surface area contributed by atoms with Crippen LogP contribution >= 0.6 is 0 Å². The topological polar surface area (TPSA) is 111 Å². The second-order valence-electron chi connectivity index (χ2n) is 8.70. The zero-order chi connectivity index (χ0) is 29.1.